The van der Waals surface area contributed by atoms with Crippen LogP contribution in [0.3, 0.4) is 0 Å². The lowest BCUT2D eigenvalue weighted by atomic mass is 10.2. The third kappa shape index (κ3) is 5.56. The molecule has 0 saturated heterocycles. The Morgan fingerprint density at radius 1 is 1.16 bits per heavy atom. The van der Waals surface area contributed by atoms with Crippen LogP contribution < -0.4 is 10.6 Å². The molecule has 25 heavy (non-hydrogen) atoms. The number of carbonyl (C=O) groups is 2. The second kappa shape index (κ2) is 8.77. The second-order valence-electron chi connectivity index (χ2n) is 5.76. The molecule has 132 valence electrons. The van der Waals surface area contributed by atoms with Crippen LogP contribution in [0.15, 0.2) is 36.7 Å². The van der Waals surface area contributed by atoms with Crippen LogP contribution in [0.2, 0.25) is 0 Å². The van der Waals surface area contributed by atoms with Gasteiger partial charge in [-0.15, -0.1) is 0 Å². The van der Waals surface area contributed by atoms with E-state index in [9.17, 15) is 9.59 Å². The van der Waals surface area contributed by atoms with E-state index in [0.29, 0.717) is 23.7 Å². The molecule has 0 atom stereocenters. The molecule has 2 rings (SSSR count). The molecule has 1 aromatic carbocycles. The van der Waals surface area contributed by atoms with Gasteiger partial charge in [-0.25, -0.2) is 9.97 Å². The summed E-state index contributed by atoms with van der Waals surface area (Å²) in [5, 5.41) is 5.84. The van der Waals surface area contributed by atoms with E-state index in [1.54, 1.807) is 30.1 Å². The van der Waals surface area contributed by atoms with Crippen molar-refractivity contribution in [3.63, 3.8) is 0 Å². The van der Waals surface area contributed by atoms with Crippen molar-refractivity contribution < 1.29 is 9.59 Å². The van der Waals surface area contributed by atoms with E-state index in [4.69, 9.17) is 0 Å². The monoisotopic (exact) mass is 341 g/mol. The Kier molecular flexibility index (Phi) is 6.45. The topological polar surface area (TPSA) is 87.2 Å². The normalized spacial score (nSPS) is 10.2. The van der Waals surface area contributed by atoms with Gasteiger partial charge in [-0.05, 0) is 24.6 Å². The first kappa shape index (κ1) is 18.4. The van der Waals surface area contributed by atoms with Gasteiger partial charge in [0.1, 0.15) is 17.8 Å². The smallest absolute Gasteiger partial charge is 0.272 e. The maximum absolute atomic E-state index is 12.4. The molecular weight excluding hydrogens is 318 g/mol. The van der Waals surface area contributed by atoms with Gasteiger partial charge in [-0.1, -0.05) is 19.4 Å². The predicted molar refractivity (Wildman–Crippen MR) is 97.9 cm³/mol. The van der Waals surface area contributed by atoms with E-state index >= 15 is 0 Å². The van der Waals surface area contributed by atoms with E-state index in [1.165, 1.54) is 13.3 Å². The van der Waals surface area contributed by atoms with Gasteiger partial charge in [0.25, 0.3) is 5.91 Å². The summed E-state index contributed by atoms with van der Waals surface area (Å²) < 4.78 is 0. The quantitative estimate of drug-likeness (QED) is 0.808. The van der Waals surface area contributed by atoms with Crippen molar-refractivity contribution in [3.8, 4) is 0 Å². The lowest BCUT2D eigenvalue weighted by Gasteiger charge is -2.16. The highest BCUT2D eigenvalue weighted by atomic mass is 16.2. The minimum Gasteiger partial charge on any atom is -0.340 e. The highest BCUT2D eigenvalue weighted by Gasteiger charge is 2.13. The summed E-state index contributed by atoms with van der Waals surface area (Å²) in [6.45, 7) is 4.23. The minimum absolute atomic E-state index is 0.133. The number of rotatable bonds is 7. The van der Waals surface area contributed by atoms with Crippen LogP contribution in [-0.2, 0) is 4.79 Å². The zero-order valence-electron chi connectivity index (χ0n) is 14.7. The summed E-state index contributed by atoms with van der Waals surface area (Å²) in [5.74, 6) is 0.246. The first-order chi connectivity index (χ1) is 12.0. The Hall–Kier alpha value is -2.96. The maximum Gasteiger partial charge on any atom is 0.272 e. The van der Waals surface area contributed by atoms with Crippen molar-refractivity contribution in [2.75, 3.05) is 24.2 Å². The van der Waals surface area contributed by atoms with Gasteiger partial charge in [-0.2, -0.15) is 0 Å². The number of nitrogens with zero attached hydrogens (tertiary/aromatic N) is 3. The zero-order chi connectivity index (χ0) is 18.2. The van der Waals surface area contributed by atoms with Gasteiger partial charge in [0, 0.05) is 38.0 Å². The zero-order valence-corrected chi connectivity index (χ0v) is 14.7. The molecule has 2 aromatic rings. The van der Waals surface area contributed by atoms with Gasteiger partial charge in [0.15, 0.2) is 0 Å². The van der Waals surface area contributed by atoms with E-state index < -0.39 is 0 Å². The number of aromatic nitrogens is 2. The summed E-state index contributed by atoms with van der Waals surface area (Å²) >= 11 is 0. The molecule has 0 aliphatic rings. The van der Waals surface area contributed by atoms with Crippen molar-refractivity contribution in [2.24, 2.45) is 0 Å². The highest BCUT2D eigenvalue weighted by Crippen LogP contribution is 2.19. The van der Waals surface area contributed by atoms with Crippen molar-refractivity contribution in [3.05, 3.63) is 42.4 Å². The van der Waals surface area contributed by atoms with Crippen LogP contribution in [0.25, 0.3) is 0 Å². The summed E-state index contributed by atoms with van der Waals surface area (Å²) in [7, 11) is 1.77. The third-order valence-electron chi connectivity index (χ3n) is 3.54. The molecule has 0 aliphatic carbocycles. The molecule has 2 amide bonds. The summed E-state index contributed by atoms with van der Waals surface area (Å²) in [5.41, 5.74) is 1.78. The van der Waals surface area contributed by atoms with E-state index in [0.717, 1.165) is 18.5 Å². The van der Waals surface area contributed by atoms with Crippen molar-refractivity contribution in [1.82, 2.24) is 14.9 Å². The largest absolute Gasteiger partial charge is 0.340 e. The molecule has 0 aliphatic heterocycles. The summed E-state index contributed by atoms with van der Waals surface area (Å²) in [6.07, 6.45) is 3.34. The first-order valence-electron chi connectivity index (χ1n) is 8.21. The van der Waals surface area contributed by atoms with Crippen molar-refractivity contribution in [2.45, 2.75) is 26.7 Å². The molecule has 0 saturated carbocycles. The summed E-state index contributed by atoms with van der Waals surface area (Å²) in [6, 6.07) is 8.88. The average Bonchev–Trinajstić information content (AvgIpc) is 2.59. The summed E-state index contributed by atoms with van der Waals surface area (Å²) in [4.78, 5) is 33.4. The SMILES string of the molecule is CCCCN(C)C(=O)c1cc(Nc2cccc(NC(C)=O)c2)ncn1. The van der Waals surface area contributed by atoms with Crippen molar-refractivity contribution >= 4 is 29.0 Å². The Morgan fingerprint density at radius 3 is 2.64 bits per heavy atom. The molecule has 2 N–H and O–H groups in total. The average molecular weight is 341 g/mol. The van der Waals surface area contributed by atoms with Gasteiger partial charge >= 0.3 is 0 Å². The number of amides is 2. The van der Waals surface area contributed by atoms with E-state index in [1.807, 2.05) is 12.1 Å². The van der Waals surface area contributed by atoms with Gasteiger partial charge < -0.3 is 15.5 Å². The molecule has 7 heteroatoms. The van der Waals surface area contributed by atoms with Crippen LogP contribution in [0, 0.1) is 0 Å². The molecule has 7 nitrogen and oxygen atoms in total. The lowest BCUT2D eigenvalue weighted by Crippen LogP contribution is -2.28. The van der Waals surface area contributed by atoms with Crippen LogP contribution >= 0.6 is 0 Å². The fraction of sp³-hybridized carbons (Fsp3) is 0.333. The Bertz CT molecular complexity index is 748. The number of hydrogen-bond donors (Lipinski definition) is 2. The highest BCUT2D eigenvalue weighted by molar-refractivity contribution is 5.93. The molecule has 0 fully saturated rings. The maximum atomic E-state index is 12.4. The number of anilines is 3. The fourth-order valence-electron chi connectivity index (χ4n) is 2.26. The molecule has 0 spiro atoms. The fourth-order valence-corrected chi connectivity index (χ4v) is 2.26. The molecule has 0 radical (unpaired) electrons. The molecule has 0 unspecified atom stereocenters. The van der Waals surface area contributed by atoms with E-state index in [2.05, 4.69) is 27.5 Å². The van der Waals surface area contributed by atoms with Crippen LogP contribution in [0.4, 0.5) is 17.2 Å². The number of unbranched alkanes of at least 4 members (excludes halogenated alkanes) is 1. The Labute approximate surface area is 147 Å². The second-order valence-corrected chi connectivity index (χ2v) is 5.76. The Balaban J connectivity index is 2.11. The molecule has 1 aromatic heterocycles. The van der Waals surface area contributed by atoms with Crippen molar-refractivity contribution in [1.29, 1.82) is 0 Å². The third-order valence-corrected chi connectivity index (χ3v) is 3.54. The molecule has 1 heterocycles. The lowest BCUT2D eigenvalue weighted by molar-refractivity contribution is -0.114. The van der Waals surface area contributed by atoms with Crippen LogP contribution in [-0.4, -0.2) is 40.3 Å². The Morgan fingerprint density at radius 2 is 1.92 bits per heavy atom. The predicted octanol–water partition coefficient (Wildman–Crippen LogP) is 3.05. The van der Waals surface area contributed by atoms with E-state index in [-0.39, 0.29) is 11.8 Å². The number of benzene rings is 1. The standard InChI is InChI=1S/C18H23N5O2/c1-4-5-9-23(3)18(25)16-11-17(20-12-19-16)22-15-8-6-7-14(10-15)21-13(2)24/h6-8,10-12H,4-5,9H2,1-3H3,(H,21,24)(H,19,20,22). The number of nitrogens with one attached hydrogen (secondary N) is 2. The molecular formula is C18H23N5O2. The van der Waals surface area contributed by atoms with Crippen LogP contribution in [0.1, 0.15) is 37.2 Å². The van der Waals surface area contributed by atoms with Gasteiger partial charge in [0.2, 0.25) is 5.91 Å². The molecule has 0 bridgehead atoms. The first-order valence-corrected chi connectivity index (χ1v) is 8.21. The van der Waals surface area contributed by atoms with Crippen LogP contribution in [0.5, 0.6) is 0 Å². The number of carbonyl (C=O) groups excluding carboxylic acids is 2. The number of hydrogen-bond acceptors (Lipinski definition) is 5. The minimum atomic E-state index is -0.137. The van der Waals surface area contributed by atoms with Gasteiger partial charge in [0.05, 0.1) is 0 Å². The van der Waals surface area contributed by atoms with Gasteiger partial charge in [-0.3, -0.25) is 9.59 Å².